The van der Waals surface area contributed by atoms with E-state index in [-0.39, 0.29) is 5.75 Å². The molecule has 3 rings (SSSR count). The normalized spacial score (nSPS) is 11.3. The first-order chi connectivity index (χ1) is 11.3. The maximum absolute atomic E-state index is 9.80. The highest BCUT2D eigenvalue weighted by molar-refractivity contribution is 5.86. The molecule has 0 bridgehead atoms. The van der Waals surface area contributed by atoms with Gasteiger partial charge in [-0.2, -0.15) is 0 Å². The number of nitrogens with zero attached hydrogens (tertiary/aromatic N) is 1. The van der Waals surface area contributed by atoms with E-state index in [1.165, 1.54) is 0 Å². The first kappa shape index (κ1) is 14.7. The van der Waals surface area contributed by atoms with E-state index in [0.717, 1.165) is 16.9 Å². The molecule has 0 saturated carbocycles. The number of para-hydroxylation sites is 3. The van der Waals surface area contributed by atoms with E-state index in [0.29, 0.717) is 5.56 Å². The Labute approximate surface area is 135 Å². The van der Waals surface area contributed by atoms with Crippen molar-refractivity contribution in [3.8, 4) is 5.75 Å². The number of phenolic OH excluding ortho intramolecular Hbond substituents is 1. The minimum atomic E-state index is 0.220. The lowest BCUT2D eigenvalue weighted by Crippen LogP contribution is -2.61. The maximum Gasteiger partial charge on any atom is 0.229 e. The van der Waals surface area contributed by atoms with Crippen molar-refractivity contribution in [2.75, 3.05) is 0 Å². The molecule has 3 heteroatoms. The van der Waals surface area contributed by atoms with Crippen LogP contribution in [0.3, 0.4) is 0 Å². The average Bonchev–Trinajstić information content (AvgIpc) is 2.61. The molecule has 0 atom stereocenters. The fourth-order valence-corrected chi connectivity index (χ4v) is 2.15. The molecule has 2 N–H and O–H groups in total. The van der Waals surface area contributed by atoms with Crippen molar-refractivity contribution in [2.45, 2.75) is 0 Å². The van der Waals surface area contributed by atoms with Gasteiger partial charge in [-0.25, -0.2) is 9.98 Å². The lowest BCUT2D eigenvalue weighted by Gasteiger charge is -1.98. The van der Waals surface area contributed by atoms with Gasteiger partial charge in [0.1, 0.15) is 11.4 Å². The van der Waals surface area contributed by atoms with Crippen LogP contribution >= 0.6 is 0 Å². The zero-order chi connectivity index (χ0) is 15.9. The molecule has 112 valence electrons. The van der Waals surface area contributed by atoms with E-state index >= 15 is 0 Å². The van der Waals surface area contributed by atoms with Crippen molar-refractivity contribution < 1.29 is 10.1 Å². The number of rotatable bonds is 4. The second-order valence-corrected chi connectivity index (χ2v) is 5.03. The van der Waals surface area contributed by atoms with Gasteiger partial charge in [-0.1, -0.05) is 42.5 Å². The Kier molecular flexibility index (Phi) is 4.60. The van der Waals surface area contributed by atoms with Crippen LogP contribution in [0.1, 0.15) is 11.1 Å². The molecule has 0 heterocycles. The molecule has 3 aromatic rings. The van der Waals surface area contributed by atoms with E-state index in [1.807, 2.05) is 72.9 Å². The first-order valence-corrected chi connectivity index (χ1v) is 7.39. The Morgan fingerprint density at radius 1 is 0.783 bits per heavy atom. The fourth-order valence-electron chi connectivity index (χ4n) is 2.15. The van der Waals surface area contributed by atoms with Gasteiger partial charge in [-0.05, 0) is 30.3 Å². The molecule has 0 amide bonds. The summed E-state index contributed by atoms with van der Waals surface area (Å²) in [6.45, 7) is 0. The SMILES string of the molecule is Oc1ccccc1C=Nc1ccccc1[NH+]=Cc1ccccc1. The van der Waals surface area contributed by atoms with Gasteiger partial charge in [0.25, 0.3) is 0 Å². The standard InChI is InChI=1S/C20H16N2O/c23-20-13-7-4-10-17(20)15-22-19-12-6-5-11-18(19)21-14-16-8-2-1-3-9-16/h1-15,23H/p+1. The third-order valence-corrected chi connectivity index (χ3v) is 3.38. The first-order valence-electron chi connectivity index (χ1n) is 7.39. The monoisotopic (exact) mass is 301 g/mol. The zero-order valence-corrected chi connectivity index (χ0v) is 12.6. The maximum atomic E-state index is 9.80. The van der Waals surface area contributed by atoms with Gasteiger partial charge in [0.05, 0.1) is 0 Å². The van der Waals surface area contributed by atoms with Crippen molar-refractivity contribution in [2.24, 2.45) is 4.99 Å². The topological polar surface area (TPSA) is 46.6 Å². The van der Waals surface area contributed by atoms with Crippen LogP contribution in [0.15, 0.2) is 83.9 Å². The van der Waals surface area contributed by atoms with Gasteiger partial charge in [-0.15, -0.1) is 0 Å². The molecule has 23 heavy (non-hydrogen) atoms. The second-order valence-electron chi connectivity index (χ2n) is 5.03. The number of aromatic hydroxyl groups is 1. The summed E-state index contributed by atoms with van der Waals surface area (Å²) in [4.78, 5) is 7.76. The largest absolute Gasteiger partial charge is 0.507 e. The van der Waals surface area contributed by atoms with Crippen molar-refractivity contribution in [3.05, 3.63) is 90.0 Å². The van der Waals surface area contributed by atoms with Crippen molar-refractivity contribution >= 4 is 23.8 Å². The number of nitrogens with one attached hydrogen (secondary N) is 1. The van der Waals surface area contributed by atoms with Crippen molar-refractivity contribution in [1.82, 2.24) is 0 Å². The van der Waals surface area contributed by atoms with E-state index < -0.39 is 0 Å². The predicted molar refractivity (Wildman–Crippen MR) is 94.0 cm³/mol. The molecule has 0 aliphatic heterocycles. The Hall–Kier alpha value is -3.20. The summed E-state index contributed by atoms with van der Waals surface area (Å²) in [6.07, 6.45) is 3.60. The summed E-state index contributed by atoms with van der Waals surface area (Å²) in [6, 6.07) is 25.0. The number of hydrogen-bond donors (Lipinski definition) is 2. The molecule has 0 aliphatic carbocycles. The highest BCUT2D eigenvalue weighted by Gasteiger charge is 2.04. The van der Waals surface area contributed by atoms with Crippen molar-refractivity contribution in [3.63, 3.8) is 0 Å². The van der Waals surface area contributed by atoms with Gasteiger partial charge in [0.2, 0.25) is 5.69 Å². The molecule has 0 fully saturated rings. The van der Waals surface area contributed by atoms with Crippen molar-refractivity contribution in [1.29, 1.82) is 0 Å². The summed E-state index contributed by atoms with van der Waals surface area (Å²) in [5, 5.41) is 9.80. The molecule has 0 aromatic heterocycles. The molecular weight excluding hydrogens is 284 g/mol. The van der Waals surface area contributed by atoms with Crippen LogP contribution in [-0.4, -0.2) is 17.5 Å². The number of benzene rings is 3. The fraction of sp³-hybridized carbons (Fsp3) is 0. The van der Waals surface area contributed by atoms with Crippen LogP contribution in [0.4, 0.5) is 11.4 Å². The van der Waals surface area contributed by atoms with Crippen LogP contribution in [-0.2, 0) is 0 Å². The van der Waals surface area contributed by atoms with Crippen LogP contribution in [0.2, 0.25) is 0 Å². The number of hydrogen-bond acceptors (Lipinski definition) is 2. The third-order valence-electron chi connectivity index (χ3n) is 3.38. The minimum absolute atomic E-state index is 0.220. The molecule has 0 aliphatic rings. The van der Waals surface area contributed by atoms with Gasteiger partial charge in [0, 0.05) is 23.4 Å². The third kappa shape index (κ3) is 3.92. The van der Waals surface area contributed by atoms with E-state index in [4.69, 9.17) is 0 Å². The van der Waals surface area contributed by atoms with Gasteiger partial charge in [0.15, 0.2) is 6.21 Å². The highest BCUT2D eigenvalue weighted by atomic mass is 16.3. The Bertz CT molecular complexity index is 839. The Morgan fingerprint density at radius 3 is 2.30 bits per heavy atom. The second kappa shape index (κ2) is 7.18. The zero-order valence-electron chi connectivity index (χ0n) is 12.6. The lowest BCUT2D eigenvalue weighted by molar-refractivity contribution is -0.345. The van der Waals surface area contributed by atoms with E-state index in [1.54, 1.807) is 18.3 Å². The average molecular weight is 301 g/mol. The highest BCUT2D eigenvalue weighted by Crippen LogP contribution is 2.20. The van der Waals surface area contributed by atoms with Crippen LogP contribution in [0, 0.1) is 0 Å². The molecule has 3 aromatic carbocycles. The summed E-state index contributed by atoms with van der Waals surface area (Å²) >= 11 is 0. The molecule has 0 unspecified atom stereocenters. The molecule has 3 nitrogen and oxygen atoms in total. The Morgan fingerprint density at radius 2 is 1.48 bits per heavy atom. The quantitative estimate of drug-likeness (QED) is 0.715. The summed E-state index contributed by atoms with van der Waals surface area (Å²) in [5.74, 6) is 0.220. The Balaban J connectivity index is 1.87. The van der Waals surface area contributed by atoms with Gasteiger partial charge in [-0.3, -0.25) is 0 Å². The molecular formula is C20H17N2O+. The molecule has 0 spiro atoms. The summed E-state index contributed by atoms with van der Waals surface area (Å²) in [5.41, 5.74) is 3.49. The lowest BCUT2D eigenvalue weighted by atomic mass is 10.2. The van der Waals surface area contributed by atoms with Crippen LogP contribution in [0.25, 0.3) is 0 Å². The predicted octanol–water partition coefficient (Wildman–Crippen LogP) is 2.97. The smallest absolute Gasteiger partial charge is 0.229 e. The summed E-state index contributed by atoms with van der Waals surface area (Å²) in [7, 11) is 0. The van der Waals surface area contributed by atoms with E-state index in [9.17, 15) is 5.11 Å². The summed E-state index contributed by atoms with van der Waals surface area (Å²) < 4.78 is 0. The molecule has 0 saturated heterocycles. The van der Waals surface area contributed by atoms with E-state index in [2.05, 4.69) is 9.98 Å². The number of phenols is 1. The van der Waals surface area contributed by atoms with Gasteiger partial charge < -0.3 is 5.11 Å². The van der Waals surface area contributed by atoms with Crippen LogP contribution in [0.5, 0.6) is 5.75 Å². The molecule has 0 radical (unpaired) electrons. The minimum Gasteiger partial charge on any atom is -0.507 e. The van der Waals surface area contributed by atoms with Crippen LogP contribution < -0.4 is 4.99 Å². The number of aliphatic imine (C=N–C) groups is 1. The van der Waals surface area contributed by atoms with Gasteiger partial charge >= 0.3 is 0 Å².